The van der Waals surface area contributed by atoms with Gasteiger partial charge in [-0.05, 0) is 43.7 Å². The maximum absolute atomic E-state index is 3.73. The summed E-state index contributed by atoms with van der Waals surface area (Å²) in [6.07, 6.45) is 2.51. The van der Waals surface area contributed by atoms with Crippen LogP contribution < -0.4 is 5.32 Å². The summed E-state index contributed by atoms with van der Waals surface area (Å²) in [5.41, 5.74) is 1.27. The minimum atomic E-state index is 0.311. The van der Waals surface area contributed by atoms with Gasteiger partial charge in [-0.15, -0.1) is 0 Å². The van der Waals surface area contributed by atoms with Crippen molar-refractivity contribution < 1.29 is 0 Å². The summed E-state index contributed by atoms with van der Waals surface area (Å²) in [6.45, 7) is 18.1. The van der Waals surface area contributed by atoms with Crippen LogP contribution in [0.2, 0.25) is 0 Å². The summed E-state index contributed by atoms with van der Waals surface area (Å²) in [4.78, 5) is 2.75. The Morgan fingerprint density at radius 3 is 2.18 bits per heavy atom. The summed E-state index contributed by atoms with van der Waals surface area (Å²) in [6, 6.07) is 0.765. The topological polar surface area (TPSA) is 15.3 Å². The fourth-order valence-corrected chi connectivity index (χ4v) is 3.79. The van der Waals surface area contributed by atoms with E-state index in [2.05, 4.69) is 51.8 Å². The van der Waals surface area contributed by atoms with Gasteiger partial charge in [0.05, 0.1) is 0 Å². The second-order valence-electron chi connectivity index (χ2n) is 7.51. The third-order valence-electron chi connectivity index (χ3n) is 5.82. The Labute approximate surface area is 107 Å². The summed E-state index contributed by atoms with van der Waals surface area (Å²) in [7, 11) is 0. The number of hydrogen-bond acceptors (Lipinski definition) is 2. The van der Waals surface area contributed by atoms with E-state index in [-0.39, 0.29) is 0 Å². The molecule has 1 unspecified atom stereocenters. The van der Waals surface area contributed by atoms with E-state index < -0.39 is 0 Å². The molecular weight excluding hydrogens is 208 g/mol. The Kier molecular flexibility index (Phi) is 3.11. The van der Waals surface area contributed by atoms with E-state index in [1.54, 1.807) is 0 Å². The Morgan fingerprint density at radius 1 is 1.12 bits per heavy atom. The van der Waals surface area contributed by atoms with Gasteiger partial charge in [0.15, 0.2) is 0 Å². The fourth-order valence-electron chi connectivity index (χ4n) is 3.79. The zero-order valence-corrected chi connectivity index (χ0v) is 12.6. The second-order valence-corrected chi connectivity index (χ2v) is 7.51. The molecule has 1 saturated heterocycles. The Balaban J connectivity index is 2.12. The molecule has 1 atom stereocenters. The highest BCUT2D eigenvalue weighted by molar-refractivity contribution is 5.19. The summed E-state index contributed by atoms with van der Waals surface area (Å²) in [5.74, 6) is 0. The van der Waals surface area contributed by atoms with Gasteiger partial charge in [-0.3, -0.25) is 4.90 Å². The molecule has 1 N–H and O–H groups in total. The second kappa shape index (κ2) is 3.96. The molecule has 1 heterocycles. The van der Waals surface area contributed by atoms with Crippen molar-refractivity contribution in [1.29, 1.82) is 0 Å². The van der Waals surface area contributed by atoms with Crippen LogP contribution in [0.5, 0.6) is 0 Å². The molecule has 0 bridgehead atoms. The van der Waals surface area contributed by atoms with Gasteiger partial charge in [0.2, 0.25) is 0 Å². The highest BCUT2D eigenvalue weighted by Gasteiger charge is 2.67. The Bertz CT molecular complexity index is 281. The molecular formula is C15H30N2. The first-order valence-electron chi connectivity index (χ1n) is 7.24. The van der Waals surface area contributed by atoms with Gasteiger partial charge >= 0.3 is 0 Å². The molecule has 0 aromatic rings. The average molecular weight is 238 g/mol. The van der Waals surface area contributed by atoms with Crippen molar-refractivity contribution in [2.75, 3.05) is 19.6 Å². The monoisotopic (exact) mass is 238 g/mol. The largest absolute Gasteiger partial charge is 0.310 e. The van der Waals surface area contributed by atoms with Gasteiger partial charge in [0, 0.05) is 18.1 Å². The van der Waals surface area contributed by atoms with E-state index >= 15 is 0 Å². The van der Waals surface area contributed by atoms with Gasteiger partial charge in [-0.25, -0.2) is 0 Å². The van der Waals surface area contributed by atoms with Crippen LogP contribution in [0.4, 0.5) is 0 Å². The highest BCUT2D eigenvalue weighted by atomic mass is 15.3. The van der Waals surface area contributed by atoms with E-state index in [4.69, 9.17) is 0 Å². The van der Waals surface area contributed by atoms with Crippen LogP contribution in [0.15, 0.2) is 0 Å². The van der Waals surface area contributed by atoms with Crippen molar-refractivity contribution in [2.45, 2.75) is 66.0 Å². The molecule has 0 aromatic carbocycles. The zero-order valence-electron chi connectivity index (χ0n) is 12.6. The van der Waals surface area contributed by atoms with Crippen molar-refractivity contribution in [3.63, 3.8) is 0 Å². The van der Waals surface area contributed by atoms with E-state index in [9.17, 15) is 0 Å². The molecule has 0 amide bonds. The number of rotatable bonds is 2. The standard InChI is InChI=1S/C15H30N2/c1-7-15(6)11-17(10-8-9-16-15)12-13(2,3)14(12,4)5/h12,16H,7-11H2,1-6H3. The van der Waals surface area contributed by atoms with E-state index in [0.717, 1.165) is 6.04 Å². The maximum Gasteiger partial charge on any atom is 0.0277 e. The minimum absolute atomic E-state index is 0.311. The number of nitrogens with one attached hydrogen (secondary N) is 1. The molecule has 1 aliphatic carbocycles. The van der Waals surface area contributed by atoms with E-state index in [0.29, 0.717) is 16.4 Å². The SMILES string of the molecule is CCC1(C)CN(C2C(C)(C)C2(C)C)CCCN1. The lowest BCUT2D eigenvalue weighted by Crippen LogP contribution is -2.49. The predicted molar refractivity (Wildman–Crippen MR) is 74.2 cm³/mol. The van der Waals surface area contributed by atoms with Crippen LogP contribution in [-0.2, 0) is 0 Å². The minimum Gasteiger partial charge on any atom is -0.310 e. The Morgan fingerprint density at radius 2 is 1.71 bits per heavy atom. The normalized spacial score (nSPS) is 37.8. The fraction of sp³-hybridized carbons (Fsp3) is 1.00. The summed E-state index contributed by atoms with van der Waals surface area (Å²) >= 11 is 0. The molecule has 100 valence electrons. The number of hydrogen-bond donors (Lipinski definition) is 1. The van der Waals surface area contributed by atoms with Crippen molar-refractivity contribution in [2.24, 2.45) is 10.8 Å². The summed E-state index contributed by atoms with van der Waals surface area (Å²) in [5, 5.41) is 3.73. The molecule has 1 saturated carbocycles. The lowest BCUT2D eigenvalue weighted by molar-refractivity contribution is 0.181. The van der Waals surface area contributed by atoms with Crippen LogP contribution in [0.3, 0.4) is 0 Å². The van der Waals surface area contributed by atoms with Crippen molar-refractivity contribution in [3.05, 3.63) is 0 Å². The maximum atomic E-state index is 3.73. The van der Waals surface area contributed by atoms with Gasteiger partial charge in [0.1, 0.15) is 0 Å². The average Bonchev–Trinajstić information content (AvgIpc) is 2.72. The van der Waals surface area contributed by atoms with Crippen molar-refractivity contribution in [1.82, 2.24) is 10.2 Å². The van der Waals surface area contributed by atoms with Crippen LogP contribution in [0, 0.1) is 10.8 Å². The first-order valence-corrected chi connectivity index (χ1v) is 7.24. The predicted octanol–water partition coefficient (Wildman–Crippen LogP) is 2.89. The van der Waals surface area contributed by atoms with E-state index in [1.807, 2.05) is 0 Å². The molecule has 17 heavy (non-hydrogen) atoms. The van der Waals surface area contributed by atoms with Gasteiger partial charge in [-0.2, -0.15) is 0 Å². The molecule has 0 spiro atoms. The molecule has 1 aliphatic heterocycles. The summed E-state index contributed by atoms with van der Waals surface area (Å²) < 4.78 is 0. The highest BCUT2D eigenvalue weighted by Crippen LogP contribution is 2.65. The van der Waals surface area contributed by atoms with Gasteiger partial charge in [-0.1, -0.05) is 34.6 Å². The smallest absolute Gasteiger partial charge is 0.0277 e. The third-order valence-corrected chi connectivity index (χ3v) is 5.82. The van der Waals surface area contributed by atoms with Crippen LogP contribution >= 0.6 is 0 Å². The molecule has 2 aliphatic rings. The van der Waals surface area contributed by atoms with Gasteiger partial charge < -0.3 is 5.32 Å². The third kappa shape index (κ3) is 2.04. The molecule has 0 radical (unpaired) electrons. The molecule has 0 aromatic heterocycles. The Hall–Kier alpha value is -0.0800. The van der Waals surface area contributed by atoms with Crippen LogP contribution in [-0.4, -0.2) is 36.1 Å². The lowest BCUT2D eigenvalue weighted by atomic mass is 9.98. The van der Waals surface area contributed by atoms with E-state index in [1.165, 1.54) is 32.5 Å². The first kappa shape index (κ1) is 13.4. The first-order chi connectivity index (χ1) is 7.74. The molecule has 2 nitrogen and oxygen atoms in total. The molecule has 2 heteroatoms. The quantitative estimate of drug-likeness (QED) is 0.796. The zero-order chi connectivity index (χ0) is 12.9. The molecule has 2 rings (SSSR count). The van der Waals surface area contributed by atoms with Crippen LogP contribution in [0.1, 0.15) is 54.4 Å². The van der Waals surface area contributed by atoms with Crippen molar-refractivity contribution in [3.8, 4) is 0 Å². The molecule has 2 fully saturated rings. The van der Waals surface area contributed by atoms with Gasteiger partial charge in [0.25, 0.3) is 0 Å². The van der Waals surface area contributed by atoms with Crippen molar-refractivity contribution >= 4 is 0 Å². The number of nitrogens with zero attached hydrogens (tertiary/aromatic N) is 1. The van der Waals surface area contributed by atoms with Crippen LogP contribution in [0.25, 0.3) is 0 Å². The lowest BCUT2D eigenvalue weighted by Gasteiger charge is -2.34.